The summed E-state index contributed by atoms with van der Waals surface area (Å²) in [5, 5.41) is 2.93. The van der Waals surface area contributed by atoms with Crippen LogP contribution in [-0.4, -0.2) is 18.3 Å². The van der Waals surface area contributed by atoms with Gasteiger partial charge in [0.15, 0.2) is 0 Å². The number of amides is 1. The molecule has 5 heteroatoms. The lowest BCUT2D eigenvalue weighted by Gasteiger charge is -2.09. The van der Waals surface area contributed by atoms with Gasteiger partial charge in [0.1, 0.15) is 0 Å². The summed E-state index contributed by atoms with van der Waals surface area (Å²) < 4.78 is 1.88. The Morgan fingerprint density at radius 3 is 2.94 bits per heavy atom. The van der Waals surface area contributed by atoms with E-state index in [1.807, 2.05) is 18.2 Å². The third-order valence-electron chi connectivity index (χ3n) is 2.60. The molecule has 1 atom stereocenters. The summed E-state index contributed by atoms with van der Waals surface area (Å²) in [4.78, 5) is 12.0. The quantitative estimate of drug-likeness (QED) is 0.392. The third-order valence-corrected chi connectivity index (χ3v) is 4.49. The van der Waals surface area contributed by atoms with Crippen molar-refractivity contribution in [1.29, 1.82) is 0 Å². The van der Waals surface area contributed by atoms with E-state index in [9.17, 15) is 4.79 Å². The van der Waals surface area contributed by atoms with E-state index in [1.165, 1.54) is 0 Å². The molecule has 0 aliphatic rings. The van der Waals surface area contributed by atoms with E-state index in [0.717, 1.165) is 20.9 Å². The highest BCUT2D eigenvalue weighted by molar-refractivity contribution is 14.1. The van der Waals surface area contributed by atoms with Crippen LogP contribution in [-0.2, 0) is 0 Å². The highest BCUT2D eigenvalue weighted by Crippen LogP contribution is 2.19. The first-order chi connectivity index (χ1) is 8.54. The summed E-state index contributed by atoms with van der Waals surface area (Å²) in [6, 6.07) is 5.73. The van der Waals surface area contributed by atoms with Crippen molar-refractivity contribution in [2.45, 2.75) is 19.8 Å². The number of hydrogen-bond acceptors (Lipinski definition) is 1. The monoisotopic (exact) mass is 443 g/mol. The molecule has 0 aliphatic heterocycles. The summed E-state index contributed by atoms with van der Waals surface area (Å²) >= 11 is 11.3. The van der Waals surface area contributed by atoms with Crippen LogP contribution in [0.15, 0.2) is 22.7 Å². The minimum Gasteiger partial charge on any atom is -0.352 e. The van der Waals surface area contributed by atoms with Gasteiger partial charge in [-0.3, -0.25) is 4.79 Å². The second-order valence-electron chi connectivity index (χ2n) is 4.28. The predicted octanol–water partition coefficient (Wildman–Crippen LogP) is 4.44. The maximum absolute atomic E-state index is 12.0. The topological polar surface area (TPSA) is 29.1 Å². The van der Waals surface area contributed by atoms with Crippen LogP contribution in [0.25, 0.3) is 0 Å². The summed E-state index contributed by atoms with van der Waals surface area (Å²) in [6.07, 6.45) is 2.00. The number of alkyl halides is 1. The summed E-state index contributed by atoms with van der Waals surface area (Å²) in [6.45, 7) is 2.81. The molecular weight excluding hydrogens is 428 g/mol. The van der Waals surface area contributed by atoms with E-state index >= 15 is 0 Å². The first-order valence-electron chi connectivity index (χ1n) is 5.83. The van der Waals surface area contributed by atoms with Gasteiger partial charge < -0.3 is 5.32 Å². The molecule has 1 amide bonds. The Morgan fingerprint density at radius 2 is 2.28 bits per heavy atom. The summed E-state index contributed by atoms with van der Waals surface area (Å²) in [7, 11) is 0. The van der Waals surface area contributed by atoms with Crippen molar-refractivity contribution in [3.05, 3.63) is 31.8 Å². The van der Waals surface area contributed by atoms with Crippen LogP contribution in [0, 0.1) is 9.49 Å². The molecule has 0 saturated carbocycles. The fourth-order valence-corrected chi connectivity index (χ4v) is 2.57. The molecule has 1 aromatic rings. The molecule has 0 bridgehead atoms. The molecule has 2 nitrogen and oxygen atoms in total. The van der Waals surface area contributed by atoms with Gasteiger partial charge in [0, 0.05) is 20.5 Å². The molecule has 100 valence electrons. The molecule has 1 N–H and O–H groups in total. The zero-order chi connectivity index (χ0) is 13.5. The van der Waals surface area contributed by atoms with E-state index in [1.54, 1.807) is 0 Å². The lowest BCUT2D eigenvalue weighted by atomic mass is 10.1. The van der Waals surface area contributed by atoms with Crippen LogP contribution in [0.2, 0.25) is 0 Å². The van der Waals surface area contributed by atoms with Gasteiger partial charge in [-0.05, 0) is 75.5 Å². The van der Waals surface area contributed by atoms with Crippen molar-refractivity contribution in [3.8, 4) is 0 Å². The van der Waals surface area contributed by atoms with Crippen LogP contribution in [0.1, 0.15) is 30.1 Å². The second kappa shape index (κ2) is 8.38. The highest BCUT2D eigenvalue weighted by Gasteiger charge is 2.10. The number of rotatable bonds is 6. The van der Waals surface area contributed by atoms with E-state index in [-0.39, 0.29) is 5.91 Å². The van der Waals surface area contributed by atoms with Crippen LogP contribution in [0.4, 0.5) is 0 Å². The number of halogens is 3. The molecule has 1 aromatic carbocycles. The van der Waals surface area contributed by atoms with Crippen molar-refractivity contribution in [2.75, 3.05) is 12.4 Å². The van der Waals surface area contributed by atoms with Crippen molar-refractivity contribution >= 4 is 56.0 Å². The molecule has 0 aliphatic carbocycles. The first kappa shape index (κ1) is 16.2. The minimum atomic E-state index is -0.0288. The van der Waals surface area contributed by atoms with Crippen molar-refractivity contribution in [2.24, 2.45) is 5.92 Å². The molecular formula is C13H16BrClINO. The molecule has 0 saturated heterocycles. The average molecular weight is 445 g/mol. The van der Waals surface area contributed by atoms with Crippen molar-refractivity contribution in [1.82, 2.24) is 5.32 Å². The maximum Gasteiger partial charge on any atom is 0.252 e. The molecule has 0 heterocycles. The van der Waals surface area contributed by atoms with E-state index < -0.39 is 0 Å². The minimum absolute atomic E-state index is 0.0288. The van der Waals surface area contributed by atoms with E-state index in [2.05, 4.69) is 50.8 Å². The van der Waals surface area contributed by atoms with Crippen LogP contribution in [0.3, 0.4) is 0 Å². The molecule has 18 heavy (non-hydrogen) atoms. The van der Waals surface area contributed by atoms with Gasteiger partial charge in [-0.15, -0.1) is 11.6 Å². The smallest absolute Gasteiger partial charge is 0.252 e. The summed E-state index contributed by atoms with van der Waals surface area (Å²) in [5.41, 5.74) is 0.687. The van der Waals surface area contributed by atoms with Crippen LogP contribution in [0.5, 0.6) is 0 Å². The van der Waals surface area contributed by atoms with Gasteiger partial charge in [-0.25, -0.2) is 0 Å². The first-order valence-corrected chi connectivity index (χ1v) is 8.24. The molecule has 0 spiro atoms. The molecule has 1 unspecified atom stereocenters. The van der Waals surface area contributed by atoms with Gasteiger partial charge in [-0.1, -0.05) is 6.92 Å². The number of carbonyl (C=O) groups is 1. The standard InChI is InChI=1S/C13H16BrClINO/c1-9(8-15)3-2-6-17-13(18)11-7-10(16)4-5-12(11)14/h4-5,7,9H,2-3,6,8H2,1H3,(H,17,18). The fraction of sp³-hybridized carbons (Fsp3) is 0.462. The highest BCUT2D eigenvalue weighted by atomic mass is 127. The molecule has 0 fully saturated rings. The molecule has 0 radical (unpaired) electrons. The normalized spacial score (nSPS) is 12.2. The Labute approximate surface area is 135 Å². The largest absolute Gasteiger partial charge is 0.352 e. The lowest BCUT2D eigenvalue weighted by molar-refractivity contribution is 0.0951. The maximum atomic E-state index is 12.0. The van der Waals surface area contributed by atoms with Gasteiger partial charge in [0.05, 0.1) is 5.56 Å². The Bertz CT molecular complexity index is 414. The molecule has 1 rings (SSSR count). The predicted molar refractivity (Wildman–Crippen MR) is 88.3 cm³/mol. The van der Waals surface area contributed by atoms with E-state index in [4.69, 9.17) is 11.6 Å². The Balaban J connectivity index is 2.43. The van der Waals surface area contributed by atoms with Gasteiger partial charge in [0.2, 0.25) is 0 Å². The fourth-order valence-electron chi connectivity index (χ4n) is 1.50. The Hall–Kier alpha value is 0.190. The zero-order valence-electron chi connectivity index (χ0n) is 10.2. The number of benzene rings is 1. The molecule has 0 aromatic heterocycles. The zero-order valence-corrected chi connectivity index (χ0v) is 14.7. The number of nitrogens with one attached hydrogen (secondary N) is 1. The number of hydrogen-bond donors (Lipinski definition) is 1. The van der Waals surface area contributed by atoms with Crippen molar-refractivity contribution < 1.29 is 4.79 Å². The average Bonchev–Trinajstić information content (AvgIpc) is 2.36. The Morgan fingerprint density at radius 1 is 1.56 bits per heavy atom. The van der Waals surface area contributed by atoms with Crippen molar-refractivity contribution in [3.63, 3.8) is 0 Å². The van der Waals surface area contributed by atoms with Gasteiger partial charge in [0.25, 0.3) is 5.91 Å². The van der Waals surface area contributed by atoms with Gasteiger partial charge in [-0.2, -0.15) is 0 Å². The SMILES string of the molecule is CC(CCl)CCCNC(=O)c1cc(I)ccc1Br. The third kappa shape index (κ3) is 5.45. The van der Waals surface area contributed by atoms with Crippen LogP contribution < -0.4 is 5.32 Å². The lowest BCUT2D eigenvalue weighted by Crippen LogP contribution is -2.25. The number of carbonyl (C=O) groups excluding carboxylic acids is 1. The van der Waals surface area contributed by atoms with Crippen LogP contribution >= 0.6 is 50.1 Å². The van der Waals surface area contributed by atoms with Gasteiger partial charge >= 0.3 is 0 Å². The Kier molecular flexibility index (Phi) is 7.56. The second-order valence-corrected chi connectivity index (χ2v) is 6.69. The summed E-state index contributed by atoms with van der Waals surface area (Å²) in [5.74, 6) is 1.16. The van der Waals surface area contributed by atoms with E-state index in [0.29, 0.717) is 23.9 Å².